The van der Waals surface area contributed by atoms with Crippen LogP contribution in [-0.2, 0) is 0 Å². The van der Waals surface area contributed by atoms with Crippen LogP contribution < -0.4 is 0 Å². The molecule has 0 saturated heterocycles. The van der Waals surface area contributed by atoms with Crippen molar-refractivity contribution in [1.29, 1.82) is 0 Å². The first-order chi connectivity index (χ1) is 21.8. The maximum Gasteiger partial charge on any atom is 0.135 e. The highest BCUT2D eigenvalue weighted by Crippen LogP contribution is 2.43. The van der Waals surface area contributed by atoms with Crippen molar-refractivity contribution in [1.82, 2.24) is 0 Å². The van der Waals surface area contributed by atoms with E-state index in [1.54, 1.807) is 0 Å². The molecule has 44 heavy (non-hydrogen) atoms. The molecule has 0 aliphatic heterocycles. The van der Waals surface area contributed by atoms with Crippen molar-refractivity contribution in [3.8, 4) is 33.6 Å². The fraction of sp³-hybridized carbons (Fsp3) is 0. The molecule has 2 heteroatoms. The van der Waals surface area contributed by atoms with Crippen LogP contribution in [0.15, 0.2) is 154 Å². The van der Waals surface area contributed by atoms with E-state index in [-0.39, 0.29) is 0 Å². The van der Waals surface area contributed by atoms with Gasteiger partial charge in [0, 0.05) is 21.7 Å². The van der Waals surface area contributed by atoms with Crippen molar-refractivity contribution in [2.24, 2.45) is 0 Å². The van der Waals surface area contributed by atoms with Gasteiger partial charge >= 0.3 is 0 Å². The Bertz CT molecular complexity index is 2710. The number of rotatable bonds is 3. The van der Waals surface area contributed by atoms with E-state index in [0.717, 1.165) is 44.2 Å². The van der Waals surface area contributed by atoms with Gasteiger partial charge in [0.2, 0.25) is 0 Å². The molecule has 0 aliphatic carbocycles. The zero-order valence-electron chi connectivity index (χ0n) is 23.7. The van der Waals surface area contributed by atoms with E-state index in [9.17, 15) is 0 Å². The molecular weight excluding hydrogens is 536 g/mol. The van der Waals surface area contributed by atoms with E-state index in [2.05, 4.69) is 115 Å². The Kier molecular flexibility index (Phi) is 4.75. The van der Waals surface area contributed by atoms with Crippen LogP contribution in [-0.4, -0.2) is 0 Å². The summed E-state index contributed by atoms with van der Waals surface area (Å²) in [4.78, 5) is 0. The second-order valence-electron chi connectivity index (χ2n) is 11.7. The molecule has 0 atom stereocenters. The molecule has 0 amide bonds. The van der Waals surface area contributed by atoms with Crippen molar-refractivity contribution < 1.29 is 8.83 Å². The molecule has 10 aromatic rings. The number of benzene rings is 8. The molecule has 0 aliphatic rings. The monoisotopic (exact) mass is 560 g/mol. The molecule has 10 rings (SSSR count). The van der Waals surface area contributed by atoms with E-state index in [1.807, 2.05) is 30.3 Å². The number of furan rings is 2. The normalized spacial score (nSPS) is 12.1. The number of para-hydroxylation sites is 1. The first-order valence-electron chi connectivity index (χ1n) is 15.0. The van der Waals surface area contributed by atoms with Crippen LogP contribution in [0.5, 0.6) is 0 Å². The second-order valence-corrected chi connectivity index (χ2v) is 11.7. The minimum atomic E-state index is 0.891. The Hall–Kier alpha value is -5.86. The molecule has 0 spiro atoms. The predicted molar refractivity (Wildman–Crippen MR) is 184 cm³/mol. The van der Waals surface area contributed by atoms with Gasteiger partial charge in [0.25, 0.3) is 0 Å². The Balaban J connectivity index is 1.17. The van der Waals surface area contributed by atoms with E-state index in [4.69, 9.17) is 8.83 Å². The molecule has 0 N–H and O–H groups in total. The van der Waals surface area contributed by atoms with Crippen molar-refractivity contribution in [2.75, 3.05) is 0 Å². The summed E-state index contributed by atoms with van der Waals surface area (Å²) in [5.74, 6) is 0.891. The lowest BCUT2D eigenvalue weighted by atomic mass is 9.87. The van der Waals surface area contributed by atoms with Gasteiger partial charge in [0.05, 0.1) is 0 Å². The van der Waals surface area contributed by atoms with Crippen LogP contribution in [0.1, 0.15) is 0 Å². The molecule has 2 nitrogen and oxygen atoms in total. The van der Waals surface area contributed by atoms with E-state index in [0.29, 0.717) is 0 Å². The lowest BCUT2D eigenvalue weighted by Crippen LogP contribution is -1.89. The zero-order chi connectivity index (χ0) is 28.8. The van der Waals surface area contributed by atoms with Crippen LogP contribution in [0, 0.1) is 0 Å². The lowest BCUT2D eigenvalue weighted by molar-refractivity contribution is 0.631. The Labute approximate surface area is 252 Å². The third-order valence-corrected chi connectivity index (χ3v) is 9.24. The van der Waals surface area contributed by atoms with Crippen LogP contribution in [0.2, 0.25) is 0 Å². The summed E-state index contributed by atoms with van der Waals surface area (Å²) in [5, 5.41) is 11.1. The molecule has 0 saturated carbocycles. The van der Waals surface area contributed by atoms with Gasteiger partial charge in [-0.15, -0.1) is 0 Å². The zero-order valence-corrected chi connectivity index (χ0v) is 23.7. The minimum Gasteiger partial charge on any atom is -0.456 e. The van der Waals surface area contributed by atoms with Gasteiger partial charge in [-0.2, -0.15) is 0 Å². The summed E-state index contributed by atoms with van der Waals surface area (Å²) >= 11 is 0. The van der Waals surface area contributed by atoms with Crippen molar-refractivity contribution >= 4 is 65.2 Å². The van der Waals surface area contributed by atoms with Crippen LogP contribution in [0.3, 0.4) is 0 Å². The average molecular weight is 561 g/mol. The van der Waals surface area contributed by atoms with Crippen molar-refractivity contribution in [3.63, 3.8) is 0 Å². The van der Waals surface area contributed by atoms with Crippen molar-refractivity contribution in [3.05, 3.63) is 146 Å². The predicted octanol–water partition coefficient (Wildman–Crippen LogP) is 12.2. The third-order valence-electron chi connectivity index (χ3n) is 9.24. The minimum absolute atomic E-state index is 0.891. The molecule has 0 fully saturated rings. The van der Waals surface area contributed by atoms with Gasteiger partial charge < -0.3 is 8.83 Å². The smallest absolute Gasteiger partial charge is 0.135 e. The molecule has 0 unspecified atom stereocenters. The molecular formula is C42H24O2. The summed E-state index contributed by atoms with van der Waals surface area (Å²) in [7, 11) is 0. The summed E-state index contributed by atoms with van der Waals surface area (Å²) < 4.78 is 12.3. The highest BCUT2D eigenvalue weighted by molar-refractivity contribution is 6.27. The van der Waals surface area contributed by atoms with Gasteiger partial charge in [0.1, 0.15) is 22.5 Å². The average Bonchev–Trinajstić information content (AvgIpc) is 3.68. The van der Waals surface area contributed by atoms with E-state index >= 15 is 0 Å². The summed E-state index contributed by atoms with van der Waals surface area (Å²) in [6, 6.07) is 52.0. The Morgan fingerprint density at radius 3 is 1.68 bits per heavy atom. The van der Waals surface area contributed by atoms with Gasteiger partial charge in [0.15, 0.2) is 0 Å². The maximum absolute atomic E-state index is 6.22. The topological polar surface area (TPSA) is 26.3 Å². The summed E-state index contributed by atoms with van der Waals surface area (Å²) in [6.07, 6.45) is 0. The Morgan fingerprint density at radius 1 is 0.318 bits per heavy atom. The van der Waals surface area contributed by atoms with Crippen molar-refractivity contribution in [2.45, 2.75) is 0 Å². The SMILES string of the molecule is c1ccc(-c2cc3cc(-c4ccc5ccc6c(-c7ccc8oc9ccccc9c8c7)ccc7ccc4c5c76)ccc3o2)cc1. The highest BCUT2D eigenvalue weighted by Gasteiger charge is 2.17. The van der Waals surface area contributed by atoms with Crippen LogP contribution in [0.25, 0.3) is 98.8 Å². The number of hydrogen-bond donors (Lipinski definition) is 0. The summed E-state index contributed by atoms with van der Waals surface area (Å²) in [6.45, 7) is 0. The molecule has 204 valence electrons. The fourth-order valence-corrected chi connectivity index (χ4v) is 7.15. The first kappa shape index (κ1) is 23.7. The van der Waals surface area contributed by atoms with Crippen LogP contribution >= 0.6 is 0 Å². The molecule has 0 radical (unpaired) electrons. The molecule has 2 aromatic heterocycles. The highest BCUT2D eigenvalue weighted by atomic mass is 16.3. The first-order valence-corrected chi connectivity index (χ1v) is 15.0. The van der Waals surface area contributed by atoms with E-state index in [1.165, 1.54) is 54.6 Å². The molecule has 0 bridgehead atoms. The molecule has 2 heterocycles. The fourth-order valence-electron chi connectivity index (χ4n) is 7.15. The molecule has 8 aromatic carbocycles. The largest absolute Gasteiger partial charge is 0.456 e. The lowest BCUT2D eigenvalue weighted by Gasteiger charge is -2.16. The van der Waals surface area contributed by atoms with E-state index < -0.39 is 0 Å². The van der Waals surface area contributed by atoms with Crippen LogP contribution in [0.4, 0.5) is 0 Å². The van der Waals surface area contributed by atoms with Gasteiger partial charge in [-0.25, -0.2) is 0 Å². The van der Waals surface area contributed by atoms with Gasteiger partial charge in [-0.05, 0) is 91.0 Å². The maximum atomic E-state index is 6.22. The number of fused-ring (bicyclic) bond motifs is 4. The standard InChI is InChI=1S/C42H24O2/c1-2-6-25(7-3-1)40-24-30-22-28(14-20-37(30)43-40)31-16-10-26-13-19-35-32(17-11-27-12-18-34(31)41(26)42(27)35)29-15-21-39-36(23-29)33-8-4-5-9-38(33)44-39/h1-24H. The Morgan fingerprint density at radius 2 is 0.932 bits per heavy atom. The second kappa shape index (κ2) is 8.82. The summed E-state index contributed by atoms with van der Waals surface area (Å²) in [5.41, 5.74) is 8.68. The third kappa shape index (κ3) is 3.37. The number of hydrogen-bond acceptors (Lipinski definition) is 2. The quantitative estimate of drug-likeness (QED) is 0.201. The van der Waals surface area contributed by atoms with Gasteiger partial charge in [-0.1, -0.05) is 109 Å². The van der Waals surface area contributed by atoms with Gasteiger partial charge in [-0.3, -0.25) is 0 Å².